The first-order valence-corrected chi connectivity index (χ1v) is 10.6. The minimum absolute atomic E-state index is 0.203. The normalized spacial score (nSPS) is 16.4. The number of guanidine groups is 1. The highest BCUT2D eigenvalue weighted by Crippen LogP contribution is 2.32. The Morgan fingerprint density at radius 2 is 1.87 bits per heavy atom. The molecule has 7 nitrogen and oxygen atoms in total. The van der Waals surface area contributed by atoms with Gasteiger partial charge in [-0.3, -0.25) is 4.79 Å². The molecule has 2 aliphatic heterocycles. The highest BCUT2D eigenvalue weighted by molar-refractivity contribution is 5.95. The predicted molar refractivity (Wildman–Crippen MR) is 119 cm³/mol. The molecule has 2 aromatic rings. The molecule has 1 saturated heterocycles. The van der Waals surface area contributed by atoms with Crippen LogP contribution in [0.15, 0.2) is 47.5 Å². The fraction of sp³-hybridized carbons (Fsp3) is 0.391. The van der Waals surface area contributed by atoms with Gasteiger partial charge in [0.1, 0.15) is 0 Å². The van der Waals surface area contributed by atoms with E-state index >= 15 is 0 Å². The number of nitrogens with one attached hydrogen (secondary N) is 2. The van der Waals surface area contributed by atoms with Crippen molar-refractivity contribution in [3.8, 4) is 11.5 Å². The number of carbonyl (C=O) groups excluding carboxylic acids is 1. The molecule has 1 amide bonds. The SMILES string of the molecule is CCNC(=NCc1ccc(N2CCCC2=O)cc1)Nc1ccc2c(c1)OCCCO2. The molecule has 2 aliphatic rings. The molecule has 0 atom stereocenters. The van der Waals surface area contributed by atoms with Crippen molar-refractivity contribution in [2.75, 3.05) is 36.5 Å². The van der Waals surface area contributed by atoms with Crippen molar-refractivity contribution in [2.45, 2.75) is 32.7 Å². The minimum atomic E-state index is 0.203. The second kappa shape index (κ2) is 9.52. The average Bonchev–Trinajstić information content (AvgIpc) is 3.05. The first-order chi connectivity index (χ1) is 14.7. The lowest BCUT2D eigenvalue weighted by Gasteiger charge is -2.16. The van der Waals surface area contributed by atoms with Crippen LogP contribution in [-0.4, -0.2) is 38.2 Å². The van der Waals surface area contributed by atoms with Gasteiger partial charge in [-0.15, -0.1) is 0 Å². The number of ether oxygens (including phenoxy) is 2. The summed E-state index contributed by atoms with van der Waals surface area (Å²) in [4.78, 5) is 18.4. The fourth-order valence-corrected chi connectivity index (χ4v) is 3.56. The lowest BCUT2D eigenvalue weighted by molar-refractivity contribution is -0.117. The number of rotatable bonds is 5. The monoisotopic (exact) mass is 408 g/mol. The summed E-state index contributed by atoms with van der Waals surface area (Å²) in [7, 11) is 0. The van der Waals surface area contributed by atoms with Crippen molar-refractivity contribution in [3.63, 3.8) is 0 Å². The minimum Gasteiger partial charge on any atom is -0.490 e. The summed E-state index contributed by atoms with van der Waals surface area (Å²) < 4.78 is 11.5. The number of nitrogens with zero attached hydrogens (tertiary/aromatic N) is 2. The van der Waals surface area contributed by atoms with E-state index < -0.39 is 0 Å². The molecule has 0 spiro atoms. The molecular weight excluding hydrogens is 380 g/mol. The molecule has 0 aliphatic carbocycles. The third-order valence-corrected chi connectivity index (χ3v) is 5.10. The molecule has 30 heavy (non-hydrogen) atoms. The van der Waals surface area contributed by atoms with E-state index in [-0.39, 0.29) is 5.91 Å². The number of anilines is 2. The van der Waals surface area contributed by atoms with Crippen LogP contribution < -0.4 is 25.0 Å². The second-order valence-electron chi connectivity index (χ2n) is 7.35. The van der Waals surface area contributed by atoms with Gasteiger partial charge in [-0.2, -0.15) is 0 Å². The van der Waals surface area contributed by atoms with Crippen LogP contribution in [0.2, 0.25) is 0 Å². The third-order valence-electron chi connectivity index (χ3n) is 5.10. The van der Waals surface area contributed by atoms with Crippen LogP contribution in [0.25, 0.3) is 0 Å². The van der Waals surface area contributed by atoms with Gasteiger partial charge in [0.2, 0.25) is 5.91 Å². The Hall–Kier alpha value is -3.22. The first-order valence-electron chi connectivity index (χ1n) is 10.6. The smallest absolute Gasteiger partial charge is 0.227 e. The molecule has 7 heteroatoms. The van der Waals surface area contributed by atoms with Gasteiger partial charge in [-0.1, -0.05) is 12.1 Å². The molecule has 1 fully saturated rings. The lowest BCUT2D eigenvalue weighted by atomic mass is 10.2. The highest BCUT2D eigenvalue weighted by atomic mass is 16.5. The van der Waals surface area contributed by atoms with Crippen molar-refractivity contribution >= 4 is 23.2 Å². The zero-order chi connectivity index (χ0) is 20.8. The van der Waals surface area contributed by atoms with E-state index in [0.29, 0.717) is 32.1 Å². The quantitative estimate of drug-likeness (QED) is 0.585. The van der Waals surface area contributed by atoms with Gasteiger partial charge in [-0.25, -0.2) is 4.99 Å². The molecule has 0 radical (unpaired) electrons. The molecule has 158 valence electrons. The van der Waals surface area contributed by atoms with Crippen LogP contribution in [-0.2, 0) is 11.3 Å². The van der Waals surface area contributed by atoms with Gasteiger partial charge in [0.15, 0.2) is 17.5 Å². The van der Waals surface area contributed by atoms with E-state index in [1.807, 2.05) is 54.3 Å². The summed E-state index contributed by atoms with van der Waals surface area (Å²) in [5, 5.41) is 6.60. The summed E-state index contributed by atoms with van der Waals surface area (Å²) >= 11 is 0. The molecule has 4 rings (SSSR count). The Morgan fingerprint density at radius 3 is 2.60 bits per heavy atom. The fourth-order valence-electron chi connectivity index (χ4n) is 3.56. The zero-order valence-corrected chi connectivity index (χ0v) is 17.3. The molecule has 2 N–H and O–H groups in total. The Bertz CT molecular complexity index is 911. The second-order valence-corrected chi connectivity index (χ2v) is 7.35. The Morgan fingerprint density at radius 1 is 1.07 bits per heavy atom. The Labute approximate surface area is 177 Å². The first kappa shape index (κ1) is 20.1. The number of fused-ring (bicyclic) bond motifs is 1. The summed E-state index contributed by atoms with van der Waals surface area (Å²) in [5.74, 6) is 2.43. The largest absolute Gasteiger partial charge is 0.490 e. The van der Waals surface area contributed by atoms with Crippen LogP contribution in [0.1, 0.15) is 31.7 Å². The molecule has 0 unspecified atom stereocenters. The zero-order valence-electron chi connectivity index (χ0n) is 17.3. The van der Waals surface area contributed by atoms with E-state index in [9.17, 15) is 4.79 Å². The highest BCUT2D eigenvalue weighted by Gasteiger charge is 2.21. The van der Waals surface area contributed by atoms with Gasteiger partial charge < -0.3 is 25.0 Å². The van der Waals surface area contributed by atoms with Crippen molar-refractivity contribution in [2.24, 2.45) is 4.99 Å². The molecular formula is C23H28N4O3. The Balaban J connectivity index is 1.42. The summed E-state index contributed by atoms with van der Waals surface area (Å²) in [6.07, 6.45) is 2.46. The number of hydrogen-bond acceptors (Lipinski definition) is 4. The van der Waals surface area contributed by atoms with Gasteiger partial charge in [0, 0.05) is 43.4 Å². The number of aliphatic imine (C=N–C) groups is 1. The topological polar surface area (TPSA) is 75.2 Å². The molecule has 0 saturated carbocycles. The van der Waals surface area contributed by atoms with Crippen LogP contribution in [0.4, 0.5) is 11.4 Å². The maximum absolute atomic E-state index is 11.9. The standard InChI is InChI=1S/C23H28N4O3/c1-2-24-23(26-18-8-11-20-21(15-18)30-14-4-13-29-20)25-16-17-6-9-19(10-7-17)27-12-3-5-22(27)28/h6-11,15H,2-5,12-14,16H2,1H3,(H2,24,25,26). The number of benzene rings is 2. The maximum Gasteiger partial charge on any atom is 0.227 e. The van der Waals surface area contributed by atoms with Crippen LogP contribution in [0.5, 0.6) is 11.5 Å². The number of hydrogen-bond donors (Lipinski definition) is 2. The molecule has 0 bridgehead atoms. The summed E-state index contributed by atoms with van der Waals surface area (Å²) in [6, 6.07) is 13.9. The van der Waals surface area contributed by atoms with Crippen molar-refractivity contribution < 1.29 is 14.3 Å². The van der Waals surface area contributed by atoms with E-state index in [0.717, 1.165) is 54.4 Å². The molecule has 2 heterocycles. The van der Waals surface area contributed by atoms with Gasteiger partial charge >= 0.3 is 0 Å². The Kier molecular flexibility index (Phi) is 6.37. The lowest BCUT2D eigenvalue weighted by Crippen LogP contribution is -2.30. The van der Waals surface area contributed by atoms with E-state index in [1.165, 1.54) is 0 Å². The van der Waals surface area contributed by atoms with Crippen molar-refractivity contribution in [1.82, 2.24) is 5.32 Å². The number of amides is 1. The van der Waals surface area contributed by atoms with E-state index in [2.05, 4.69) is 10.6 Å². The van der Waals surface area contributed by atoms with E-state index in [4.69, 9.17) is 14.5 Å². The average molecular weight is 409 g/mol. The van der Waals surface area contributed by atoms with Crippen molar-refractivity contribution in [3.05, 3.63) is 48.0 Å². The van der Waals surface area contributed by atoms with Gasteiger partial charge in [0.25, 0.3) is 0 Å². The number of carbonyl (C=O) groups is 1. The molecule has 0 aromatic heterocycles. The van der Waals surface area contributed by atoms with Gasteiger partial charge in [-0.05, 0) is 43.2 Å². The van der Waals surface area contributed by atoms with Crippen molar-refractivity contribution in [1.29, 1.82) is 0 Å². The van der Waals surface area contributed by atoms with E-state index in [1.54, 1.807) is 0 Å². The van der Waals surface area contributed by atoms with Crippen LogP contribution in [0, 0.1) is 0 Å². The van der Waals surface area contributed by atoms with Gasteiger partial charge in [0.05, 0.1) is 19.8 Å². The third kappa shape index (κ3) is 4.84. The van der Waals surface area contributed by atoms with Crippen LogP contribution >= 0.6 is 0 Å². The summed E-state index contributed by atoms with van der Waals surface area (Å²) in [6.45, 7) is 5.46. The maximum atomic E-state index is 11.9. The molecule has 2 aromatic carbocycles. The van der Waals surface area contributed by atoms with Crippen LogP contribution in [0.3, 0.4) is 0 Å². The predicted octanol–water partition coefficient (Wildman–Crippen LogP) is 3.55. The summed E-state index contributed by atoms with van der Waals surface area (Å²) in [5.41, 5.74) is 2.94.